The fourth-order valence-corrected chi connectivity index (χ4v) is 2.25. The molecular weight excluding hydrogens is 221 g/mol. The molecule has 1 atom stereocenters. The van der Waals surface area contributed by atoms with Gasteiger partial charge in [0.25, 0.3) is 0 Å². The van der Waals surface area contributed by atoms with Crippen LogP contribution < -0.4 is 5.73 Å². The molecule has 0 spiro atoms. The summed E-state index contributed by atoms with van der Waals surface area (Å²) in [6.07, 6.45) is 7.82. The average molecular weight is 237 g/mol. The molecule has 16 heavy (non-hydrogen) atoms. The highest BCUT2D eigenvalue weighted by molar-refractivity contribution is 7.99. The molecular formula is C13H16FNS. The van der Waals surface area contributed by atoms with Crippen LogP contribution in [0.4, 0.5) is 4.39 Å². The number of nitrogens with two attached hydrogens (primary N) is 1. The Labute approximate surface area is 101 Å². The largest absolute Gasteiger partial charge is 0.327 e. The van der Waals surface area contributed by atoms with Crippen LogP contribution in [0.25, 0.3) is 0 Å². The van der Waals surface area contributed by atoms with Gasteiger partial charge in [0.05, 0.1) is 0 Å². The van der Waals surface area contributed by atoms with E-state index in [1.165, 1.54) is 12.1 Å². The standard InChI is InChI=1S/C13H16FNS/c1-2-3-4-7-12(15)10-16-13-8-5-6-11(14)9-13/h1,5-6,8-9,12H,3-4,7,10,15H2. The van der Waals surface area contributed by atoms with E-state index in [9.17, 15) is 4.39 Å². The van der Waals surface area contributed by atoms with E-state index in [1.807, 2.05) is 6.07 Å². The van der Waals surface area contributed by atoms with Gasteiger partial charge in [-0.3, -0.25) is 0 Å². The number of hydrogen-bond donors (Lipinski definition) is 1. The Morgan fingerprint density at radius 1 is 1.50 bits per heavy atom. The molecule has 2 N–H and O–H groups in total. The van der Waals surface area contributed by atoms with E-state index in [0.29, 0.717) is 0 Å². The number of terminal acetylenes is 1. The highest BCUT2D eigenvalue weighted by Crippen LogP contribution is 2.20. The number of thioether (sulfide) groups is 1. The van der Waals surface area contributed by atoms with Crippen LogP contribution in [0, 0.1) is 18.2 Å². The summed E-state index contributed by atoms with van der Waals surface area (Å²) in [5, 5.41) is 0. The molecule has 1 nitrogen and oxygen atoms in total. The molecule has 3 heteroatoms. The van der Waals surface area contributed by atoms with E-state index < -0.39 is 0 Å². The van der Waals surface area contributed by atoms with Gasteiger partial charge in [0.1, 0.15) is 5.82 Å². The maximum Gasteiger partial charge on any atom is 0.124 e. The number of benzene rings is 1. The van der Waals surface area contributed by atoms with Crippen molar-refractivity contribution < 1.29 is 4.39 Å². The van der Waals surface area contributed by atoms with Crippen molar-refractivity contribution in [1.29, 1.82) is 0 Å². The van der Waals surface area contributed by atoms with Gasteiger partial charge in [-0.1, -0.05) is 6.07 Å². The van der Waals surface area contributed by atoms with Crippen LogP contribution >= 0.6 is 11.8 Å². The third-order valence-corrected chi connectivity index (χ3v) is 3.34. The fraction of sp³-hybridized carbons (Fsp3) is 0.385. The smallest absolute Gasteiger partial charge is 0.124 e. The molecule has 0 saturated carbocycles. The predicted molar refractivity (Wildman–Crippen MR) is 67.8 cm³/mol. The van der Waals surface area contributed by atoms with Crippen LogP contribution in [0.5, 0.6) is 0 Å². The zero-order valence-electron chi connectivity index (χ0n) is 9.16. The van der Waals surface area contributed by atoms with Crippen molar-refractivity contribution in [3.8, 4) is 12.3 Å². The maximum absolute atomic E-state index is 12.9. The lowest BCUT2D eigenvalue weighted by Crippen LogP contribution is -2.22. The SMILES string of the molecule is C#CCCCC(N)CSc1cccc(F)c1. The van der Waals surface area contributed by atoms with Gasteiger partial charge in [0, 0.05) is 23.1 Å². The Morgan fingerprint density at radius 3 is 3.00 bits per heavy atom. The normalized spacial score (nSPS) is 12.1. The lowest BCUT2D eigenvalue weighted by Gasteiger charge is -2.09. The van der Waals surface area contributed by atoms with Gasteiger partial charge in [-0.15, -0.1) is 24.1 Å². The minimum absolute atomic E-state index is 0.126. The molecule has 0 aromatic heterocycles. The van der Waals surface area contributed by atoms with Gasteiger partial charge < -0.3 is 5.73 Å². The van der Waals surface area contributed by atoms with Crippen LogP contribution in [-0.2, 0) is 0 Å². The predicted octanol–water partition coefficient (Wildman–Crippen LogP) is 3.05. The molecule has 0 bridgehead atoms. The Bertz CT molecular complexity index is 359. The van der Waals surface area contributed by atoms with Crippen LogP contribution in [0.3, 0.4) is 0 Å². The summed E-state index contributed by atoms with van der Waals surface area (Å²) in [4.78, 5) is 0.924. The van der Waals surface area contributed by atoms with Gasteiger partial charge in [-0.05, 0) is 31.0 Å². The number of rotatable bonds is 6. The van der Waals surface area contributed by atoms with Crippen molar-refractivity contribution in [2.75, 3.05) is 5.75 Å². The maximum atomic E-state index is 12.9. The second-order valence-corrected chi connectivity index (χ2v) is 4.72. The van der Waals surface area contributed by atoms with Crippen LogP contribution in [0.2, 0.25) is 0 Å². The highest BCUT2D eigenvalue weighted by atomic mass is 32.2. The molecule has 0 aliphatic heterocycles. The molecule has 0 heterocycles. The van der Waals surface area contributed by atoms with E-state index >= 15 is 0 Å². The quantitative estimate of drug-likeness (QED) is 0.467. The minimum atomic E-state index is -0.203. The second kappa shape index (κ2) is 7.32. The monoisotopic (exact) mass is 237 g/mol. The molecule has 1 aromatic carbocycles. The summed E-state index contributed by atoms with van der Waals surface area (Å²) < 4.78 is 12.9. The van der Waals surface area contributed by atoms with Gasteiger partial charge in [-0.2, -0.15) is 0 Å². The molecule has 0 fully saturated rings. The van der Waals surface area contributed by atoms with E-state index in [0.717, 1.165) is 29.9 Å². The zero-order valence-corrected chi connectivity index (χ0v) is 9.97. The Kier molecular flexibility index (Phi) is 5.99. The van der Waals surface area contributed by atoms with Crippen LogP contribution in [-0.4, -0.2) is 11.8 Å². The molecule has 0 aliphatic rings. The summed E-state index contributed by atoms with van der Waals surface area (Å²) in [6, 6.07) is 6.70. The van der Waals surface area contributed by atoms with Crippen molar-refractivity contribution in [2.45, 2.75) is 30.2 Å². The average Bonchev–Trinajstić information content (AvgIpc) is 2.27. The first kappa shape index (κ1) is 13.1. The zero-order chi connectivity index (χ0) is 11.8. The Morgan fingerprint density at radius 2 is 2.31 bits per heavy atom. The molecule has 1 aromatic rings. The van der Waals surface area contributed by atoms with Crippen molar-refractivity contribution in [3.05, 3.63) is 30.1 Å². The first-order valence-electron chi connectivity index (χ1n) is 5.30. The summed E-state index contributed by atoms with van der Waals surface area (Å²) >= 11 is 1.58. The first-order chi connectivity index (χ1) is 7.72. The second-order valence-electron chi connectivity index (χ2n) is 3.62. The molecule has 1 unspecified atom stereocenters. The van der Waals surface area contributed by atoms with Crippen LogP contribution in [0.1, 0.15) is 19.3 Å². The van der Waals surface area contributed by atoms with Crippen molar-refractivity contribution in [2.24, 2.45) is 5.73 Å². The molecule has 86 valence electrons. The first-order valence-corrected chi connectivity index (χ1v) is 6.28. The van der Waals surface area contributed by atoms with E-state index in [-0.39, 0.29) is 11.9 Å². The topological polar surface area (TPSA) is 26.0 Å². The van der Waals surface area contributed by atoms with Gasteiger partial charge >= 0.3 is 0 Å². The van der Waals surface area contributed by atoms with Gasteiger partial charge in [-0.25, -0.2) is 4.39 Å². The third kappa shape index (κ3) is 5.20. The van der Waals surface area contributed by atoms with Crippen molar-refractivity contribution in [1.82, 2.24) is 0 Å². The van der Waals surface area contributed by atoms with Gasteiger partial charge in [0.2, 0.25) is 0 Å². The summed E-state index contributed by atoms with van der Waals surface area (Å²) in [7, 11) is 0. The summed E-state index contributed by atoms with van der Waals surface area (Å²) in [5.74, 6) is 3.19. The molecule has 1 rings (SSSR count). The third-order valence-electron chi connectivity index (χ3n) is 2.16. The van der Waals surface area contributed by atoms with Crippen molar-refractivity contribution in [3.63, 3.8) is 0 Å². The molecule has 0 aliphatic carbocycles. The fourth-order valence-electron chi connectivity index (χ4n) is 1.31. The summed E-state index contributed by atoms with van der Waals surface area (Å²) in [5.41, 5.74) is 5.92. The van der Waals surface area contributed by atoms with Gasteiger partial charge in [0.15, 0.2) is 0 Å². The highest BCUT2D eigenvalue weighted by Gasteiger charge is 2.03. The molecule has 0 amide bonds. The van der Waals surface area contributed by atoms with Crippen LogP contribution in [0.15, 0.2) is 29.2 Å². The summed E-state index contributed by atoms with van der Waals surface area (Å²) in [6.45, 7) is 0. The molecule has 0 radical (unpaired) electrons. The van der Waals surface area contributed by atoms with Crippen molar-refractivity contribution >= 4 is 11.8 Å². The minimum Gasteiger partial charge on any atom is -0.327 e. The Balaban J connectivity index is 2.26. The van der Waals surface area contributed by atoms with E-state index in [2.05, 4.69) is 5.92 Å². The lowest BCUT2D eigenvalue weighted by atomic mass is 10.1. The number of hydrogen-bond acceptors (Lipinski definition) is 2. The molecule has 0 saturated heterocycles. The van der Waals surface area contributed by atoms with E-state index in [4.69, 9.17) is 12.2 Å². The lowest BCUT2D eigenvalue weighted by molar-refractivity contribution is 0.623. The Hall–Kier alpha value is -0.980. The van der Waals surface area contributed by atoms with E-state index in [1.54, 1.807) is 17.8 Å². The number of halogens is 1. The number of unbranched alkanes of at least 4 members (excludes halogenated alkanes) is 1.